The molecule has 0 spiro atoms. The molecule has 0 saturated heterocycles. The molecule has 1 unspecified atom stereocenters. The van der Waals surface area contributed by atoms with Crippen LogP contribution in [0, 0.1) is 0 Å². The van der Waals surface area contributed by atoms with Gasteiger partial charge in [0.2, 0.25) is 0 Å². The van der Waals surface area contributed by atoms with Gasteiger partial charge in [0, 0.05) is 18.5 Å². The van der Waals surface area contributed by atoms with Crippen molar-refractivity contribution in [3.8, 4) is 11.5 Å². The fourth-order valence-corrected chi connectivity index (χ4v) is 2.23. The molecule has 1 aromatic heterocycles. The van der Waals surface area contributed by atoms with E-state index in [1.54, 1.807) is 32.4 Å². The minimum Gasteiger partial charge on any atom is -0.497 e. The monoisotopic (exact) mass is 291 g/mol. The second kappa shape index (κ2) is 7.08. The van der Waals surface area contributed by atoms with Gasteiger partial charge in [-0.25, -0.2) is 4.98 Å². The van der Waals surface area contributed by atoms with Crippen LogP contribution in [0.2, 0.25) is 0 Å². The molecule has 2 aromatic rings. The maximum atomic E-state index is 10.5. The zero-order valence-electron chi connectivity index (χ0n) is 12.6. The lowest BCUT2D eigenvalue weighted by molar-refractivity contribution is 0.169. The van der Waals surface area contributed by atoms with Crippen LogP contribution >= 0.6 is 0 Å². The number of benzene rings is 1. The summed E-state index contributed by atoms with van der Waals surface area (Å²) in [6, 6.07) is 5.37. The SMILES string of the molecule is CCCn1ncnc1CC(O)c1cc(OC)ccc1OC. The topological polar surface area (TPSA) is 69.4 Å². The van der Waals surface area contributed by atoms with Gasteiger partial charge in [0.25, 0.3) is 0 Å². The summed E-state index contributed by atoms with van der Waals surface area (Å²) >= 11 is 0. The van der Waals surface area contributed by atoms with E-state index < -0.39 is 6.10 Å². The summed E-state index contributed by atoms with van der Waals surface area (Å²) in [5, 5.41) is 14.7. The lowest BCUT2D eigenvalue weighted by Crippen LogP contribution is -2.11. The highest BCUT2D eigenvalue weighted by molar-refractivity contribution is 5.41. The number of aryl methyl sites for hydroxylation is 1. The predicted molar refractivity (Wildman–Crippen MR) is 78.5 cm³/mol. The van der Waals surface area contributed by atoms with E-state index in [-0.39, 0.29) is 0 Å². The largest absolute Gasteiger partial charge is 0.497 e. The zero-order valence-corrected chi connectivity index (χ0v) is 12.6. The maximum absolute atomic E-state index is 10.5. The van der Waals surface area contributed by atoms with E-state index in [2.05, 4.69) is 17.0 Å². The molecule has 114 valence electrons. The van der Waals surface area contributed by atoms with E-state index in [9.17, 15) is 5.11 Å². The van der Waals surface area contributed by atoms with Crippen LogP contribution in [0.25, 0.3) is 0 Å². The summed E-state index contributed by atoms with van der Waals surface area (Å²) in [6.07, 6.45) is 2.13. The fourth-order valence-electron chi connectivity index (χ4n) is 2.23. The minimum atomic E-state index is -0.727. The number of hydrogen-bond acceptors (Lipinski definition) is 5. The molecule has 21 heavy (non-hydrogen) atoms. The van der Waals surface area contributed by atoms with Gasteiger partial charge in [-0.1, -0.05) is 6.92 Å². The molecule has 1 N–H and O–H groups in total. The Morgan fingerprint density at radius 3 is 2.76 bits per heavy atom. The molecule has 1 heterocycles. The van der Waals surface area contributed by atoms with Crippen molar-refractivity contribution in [3.05, 3.63) is 35.9 Å². The minimum absolute atomic E-state index is 0.378. The van der Waals surface area contributed by atoms with Crippen LogP contribution in [0.5, 0.6) is 11.5 Å². The Labute approximate surface area is 124 Å². The summed E-state index contributed by atoms with van der Waals surface area (Å²) in [5.74, 6) is 2.07. The highest BCUT2D eigenvalue weighted by Crippen LogP contribution is 2.30. The summed E-state index contributed by atoms with van der Waals surface area (Å²) in [4.78, 5) is 4.22. The molecule has 0 fully saturated rings. The number of nitrogens with zero attached hydrogens (tertiary/aromatic N) is 3. The van der Waals surface area contributed by atoms with Gasteiger partial charge in [-0.15, -0.1) is 0 Å². The third-order valence-electron chi connectivity index (χ3n) is 3.30. The lowest BCUT2D eigenvalue weighted by Gasteiger charge is -2.16. The summed E-state index contributed by atoms with van der Waals surface area (Å²) in [6.45, 7) is 2.87. The molecule has 0 radical (unpaired) electrons. The molecule has 0 saturated carbocycles. The highest BCUT2D eigenvalue weighted by atomic mass is 16.5. The van der Waals surface area contributed by atoms with Crippen molar-refractivity contribution in [1.82, 2.24) is 14.8 Å². The van der Waals surface area contributed by atoms with Gasteiger partial charge < -0.3 is 14.6 Å². The van der Waals surface area contributed by atoms with E-state index in [1.807, 2.05) is 4.68 Å². The van der Waals surface area contributed by atoms with E-state index >= 15 is 0 Å². The van der Waals surface area contributed by atoms with Crippen LogP contribution < -0.4 is 9.47 Å². The molecular formula is C15H21N3O3. The summed E-state index contributed by atoms with van der Waals surface area (Å²) in [5.41, 5.74) is 0.683. The Bertz CT molecular complexity index is 583. The van der Waals surface area contributed by atoms with Gasteiger partial charge in [-0.3, -0.25) is 4.68 Å². The number of aliphatic hydroxyl groups excluding tert-OH is 1. The number of aromatic nitrogens is 3. The van der Waals surface area contributed by atoms with Crippen LogP contribution in [0.1, 0.15) is 30.8 Å². The average molecular weight is 291 g/mol. The van der Waals surface area contributed by atoms with E-state index in [1.165, 1.54) is 6.33 Å². The Kier molecular flexibility index (Phi) is 5.16. The van der Waals surface area contributed by atoms with E-state index in [0.29, 0.717) is 23.5 Å². The molecule has 2 rings (SSSR count). The lowest BCUT2D eigenvalue weighted by atomic mass is 10.0. The first kappa shape index (κ1) is 15.3. The van der Waals surface area contributed by atoms with Crippen LogP contribution in [0.4, 0.5) is 0 Å². The van der Waals surface area contributed by atoms with Crippen molar-refractivity contribution in [2.75, 3.05) is 14.2 Å². The zero-order chi connectivity index (χ0) is 15.2. The maximum Gasteiger partial charge on any atom is 0.138 e. The van der Waals surface area contributed by atoms with Crippen molar-refractivity contribution in [2.45, 2.75) is 32.4 Å². The first-order valence-electron chi connectivity index (χ1n) is 6.96. The van der Waals surface area contributed by atoms with Crippen LogP contribution in [0.15, 0.2) is 24.5 Å². The van der Waals surface area contributed by atoms with Crippen LogP contribution in [0.3, 0.4) is 0 Å². The Morgan fingerprint density at radius 2 is 2.10 bits per heavy atom. The number of aliphatic hydroxyl groups is 1. The number of hydrogen-bond donors (Lipinski definition) is 1. The van der Waals surface area contributed by atoms with Crippen LogP contribution in [-0.2, 0) is 13.0 Å². The van der Waals surface area contributed by atoms with Crippen molar-refractivity contribution in [1.29, 1.82) is 0 Å². The number of rotatable bonds is 7. The third kappa shape index (κ3) is 3.52. The Hall–Kier alpha value is -2.08. The second-order valence-corrected chi connectivity index (χ2v) is 4.73. The molecule has 1 aromatic carbocycles. The standard InChI is InChI=1S/C15H21N3O3/c1-4-7-18-15(16-10-17-18)9-13(19)12-8-11(20-2)5-6-14(12)21-3/h5-6,8,10,13,19H,4,7,9H2,1-3H3. The summed E-state index contributed by atoms with van der Waals surface area (Å²) < 4.78 is 12.3. The molecule has 0 aliphatic carbocycles. The van der Waals surface area contributed by atoms with Crippen molar-refractivity contribution >= 4 is 0 Å². The molecule has 0 amide bonds. The van der Waals surface area contributed by atoms with Gasteiger partial charge in [0.05, 0.1) is 20.3 Å². The predicted octanol–water partition coefficient (Wildman–Crippen LogP) is 1.98. The van der Waals surface area contributed by atoms with Gasteiger partial charge >= 0.3 is 0 Å². The average Bonchev–Trinajstić information content (AvgIpc) is 2.94. The first-order chi connectivity index (χ1) is 10.2. The van der Waals surface area contributed by atoms with Gasteiger partial charge in [-0.2, -0.15) is 5.10 Å². The Balaban J connectivity index is 2.22. The molecule has 6 nitrogen and oxygen atoms in total. The van der Waals surface area contributed by atoms with Crippen molar-refractivity contribution in [3.63, 3.8) is 0 Å². The molecule has 0 aliphatic rings. The number of methoxy groups -OCH3 is 2. The molecule has 0 bridgehead atoms. The smallest absolute Gasteiger partial charge is 0.138 e. The van der Waals surface area contributed by atoms with Crippen LogP contribution in [-0.4, -0.2) is 34.1 Å². The Morgan fingerprint density at radius 1 is 1.29 bits per heavy atom. The third-order valence-corrected chi connectivity index (χ3v) is 3.30. The second-order valence-electron chi connectivity index (χ2n) is 4.73. The first-order valence-corrected chi connectivity index (χ1v) is 6.96. The quantitative estimate of drug-likeness (QED) is 0.844. The fraction of sp³-hybridized carbons (Fsp3) is 0.467. The number of ether oxygens (including phenoxy) is 2. The van der Waals surface area contributed by atoms with Gasteiger partial charge in [0.15, 0.2) is 0 Å². The molecule has 0 aliphatic heterocycles. The van der Waals surface area contributed by atoms with E-state index in [0.717, 1.165) is 18.8 Å². The van der Waals surface area contributed by atoms with Gasteiger partial charge in [0.1, 0.15) is 23.7 Å². The molecular weight excluding hydrogens is 270 g/mol. The van der Waals surface area contributed by atoms with Crippen molar-refractivity contribution in [2.24, 2.45) is 0 Å². The van der Waals surface area contributed by atoms with E-state index in [4.69, 9.17) is 9.47 Å². The van der Waals surface area contributed by atoms with Gasteiger partial charge in [-0.05, 0) is 24.6 Å². The normalized spacial score (nSPS) is 12.2. The van der Waals surface area contributed by atoms with Crippen molar-refractivity contribution < 1.29 is 14.6 Å². The molecule has 6 heteroatoms. The molecule has 1 atom stereocenters. The highest BCUT2D eigenvalue weighted by Gasteiger charge is 2.18. The summed E-state index contributed by atoms with van der Waals surface area (Å²) in [7, 11) is 3.17.